The highest BCUT2D eigenvalue weighted by Crippen LogP contribution is 2.39. The predicted molar refractivity (Wildman–Crippen MR) is 78.3 cm³/mol. The Bertz CT molecular complexity index is 525. The van der Waals surface area contributed by atoms with Gasteiger partial charge in [-0.3, -0.25) is 10.1 Å². The lowest BCUT2D eigenvalue weighted by Gasteiger charge is -2.42. The molecule has 0 saturated heterocycles. The highest BCUT2D eigenvalue weighted by atomic mass is 16.6. The molecule has 116 valence electrons. The van der Waals surface area contributed by atoms with E-state index in [9.17, 15) is 10.1 Å². The van der Waals surface area contributed by atoms with Gasteiger partial charge in [0.2, 0.25) is 5.82 Å². The Balaban J connectivity index is 2.40. The Morgan fingerprint density at radius 2 is 2.33 bits per heavy atom. The molecule has 0 amide bonds. The van der Waals surface area contributed by atoms with Crippen molar-refractivity contribution in [1.82, 2.24) is 9.97 Å². The highest BCUT2D eigenvalue weighted by molar-refractivity contribution is 5.62. The van der Waals surface area contributed by atoms with Gasteiger partial charge in [0.25, 0.3) is 5.88 Å². The maximum Gasteiger partial charge on any atom is 0.372 e. The molecule has 21 heavy (non-hydrogen) atoms. The van der Waals surface area contributed by atoms with Gasteiger partial charge in [-0.05, 0) is 18.8 Å². The van der Waals surface area contributed by atoms with Crippen molar-refractivity contribution in [1.29, 1.82) is 0 Å². The van der Waals surface area contributed by atoms with Crippen molar-refractivity contribution in [2.75, 3.05) is 19.0 Å². The van der Waals surface area contributed by atoms with Crippen molar-refractivity contribution < 1.29 is 9.66 Å². The average Bonchev–Trinajstić information content (AvgIpc) is 2.49. The van der Waals surface area contributed by atoms with Crippen LogP contribution in [0.15, 0.2) is 6.33 Å². The minimum absolute atomic E-state index is 0.0480. The van der Waals surface area contributed by atoms with Crippen molar-refractivity contribution in [2.24, 2.45) is 11.7 Å². The SMILES string of the molecule is COc1ncnc(NC2(CN)CCCCC2C)c1[N+](=O)[O-]. The summed E-state index contributed by atoms with van der Waals surface area (Å²) < 4.78 is 4.97. The van der Waals surface area contributed by atoms with Gasteiger partial charge in [-0.1, -0.05) is 19.8 Å². The van der Waals surface area contributed by atoms with Gasteiger partial charge in [-0.2, -0.15) is 4.98 Å². The number of ether oxygens (including phenoxy) is 1. The molecular weight excluding hydrogens is 274 g/mol. The van der Waals surface area contributed by atoms with Crippen LogP contribution in [0.4, 0.5) is 11.5 Å². The number of rotatable bonds is 5. The molecule has 0 aliphatic heterocycles. The molecule has 1 aromatic rings. The third-order valence-corrected chi connectivity index (χ3v) is 4.35. The number of aromatic nitrogens is 2. The topological polar surface area (TPSA) is 116 Å². The normalized spacial score (nSPS) is 25.4. The maximum atomic E-state index is 11.3. The second-order valence-electron chi connectivity index (χ2n) is 5.47. The van der Waals surface area contributed by atoms with Crippen LogP contribution in [0.3, 0.4) is 0 Å². The average molecular weight is 295 g/mol. The van der Waals surface area contributed by atoms with Crippen LogP contribution in [-0.4, -0.2) is 34.1 Å². The van der Waals surface area contributed by atoms with Gasteiger partial charge in [0, 0.05) is 6.54 Å². The first kappa shape index (κ1) is 15.4. The van der Waals surface area contributed by atoms with Gasteiger partial charge in [0.15, 0.2) is 0 Å². The Kier molecular flexibility index (Phi) is 4.56. The van der Waals surface area contributed by atoms with E-state index in [2.05, 4.69) is 22.2 Å². The van der Waals surface area contributed by atoms with Crippen LogP contribution >= 0.6 is 0 Å². The number of nitrogens with zero attached hydrogens (tertiary/aromatic N) is 3. The Hall–Kier alpha value is -1.96. The summed E-state index contributed by atoms with van der Waals surface area (Å²) in [5.74, 6) is 0.441. The van der Waals surface area contributed by atoms with Crippen LogP contribution in [0.25, 0.3) is 0 Å². The molecule has 3 N–H and O–H groups in total. The minimum atomic E-state index is -0.529. The standard InChI is InChI=1S/C13H21N5O3/c1-9-5-3-4-6-13(9,7-14)17-11-10(18(19)20)12(21-2)16-8-15-11/h8-9H,3-7,14H2,1-2H3,(H,15,16,17). The molecule has 1 aliphatic carbocycles. The molecule has 1 aliphatic rings. The molecule has 8 nitrogen and oxygen atoms in total. The van der Waals surface area contributed by atoms with Crippen LogP contribution in [0.1, 0.15) is 32.6 Å². The summed E-state index contributed by atoms with van der Waals surface area (Å²) in [6.45, 7) is 2.51. The molecule has 2 atom stereocenters. The first-order valence-corrected chi connectivity index (χ1v) is 7.05. The summed E-state index contributed by atoms with van der Waals surface area (Å²) in [6, 6.07) is 0. The molecule has 2 unspecified atom stereocenters. The van der Waals surface area contributed by atoms with E-state index in [0.717, 1.165) is 25.7 Å². The summed E-state index contributed by atoms with van der Waals surface area (Å²) in [5.41, 5.74) is 5.35. The van der Waals surface area contributed by atoms with Crippen molar-refractivity contribution >= 4 is 11.5 Å². The van der Waals surface area contributed by atoms with Gasteiger partial charge in [-0.25, -0.2) is 4.98 Å². The van der Waals surface area contributed by atoms with Crippen molar-refractivity contribution in [2.45, 2.75) is 38.1 Å². The van der Waals surface area contributed by atoms with Crippen molar-refractivity contribution in [3.63, 3.8) is 0 Å². The van der Waals surface area contributed by atoms with Crippen molar-refractivity contribution in [3.8, 4) is 5.88 Å². The van der Waals surface area contributed by atoms with E-state index >= 15 is 0 Å². The quantitative estimate of drug-likeness (QED) is 0.627. The zero-order valence-electron chi connectivity index (χ0n) is 12.3. The monoisotopic (exact) mass is 295 g/mol. The molecule has 0 spiro atoms. The molecule has 1 saturated carbocycles. The summed E-state index contributed by atoms with van der Waals surface area (Å²) in [4.78, 5) is 18.6. The highest BCUT2D eigenvalue weighted by Gasteiger charge is 2.39. The molecule has 0 aromatic carbocycles. The molecule has 1 aromatic heterocycles. The second-order valence-corrected chi connectivity index (χ2v) is 5.47. The van der Waals surface area contributed by atoms with E-state index in [4.69, 9.17) is 10.5 Å². The number of methoxy groups -OCH3 is 1. The van der Waals surface area contributed by atoms with Crippen LogP contribution in [0.2, 0.25) is 0 Å². The third-order valence-electron chi connectivity index (χ3n) is 4.35. The third kappa shape index (κ3) is 2.90. The van der Waals surface area contributed by atoms with Gasteiger partial charge >= 0.3 is 5.69 Å². The maximum absolute atomic E-state index is 11.3. The lowest BCUT2D eigenvalue weighted by atomic mass is 9.73. The van der Waals surface area contributed by atoms with E-state index in [1.807, 2.05) is 0 Å². The lowest BCUT2D eigenvalue weighted by molar-refractivity contribution is -0.385. The number of anilines is 1. The number of hydrogen-bond donors (Lipinski definition) is 2. The number of nitro groups is 1. The van der Waals surface area contributed by atoms with Gasteiger partial charge < -0.3 is 15.8 Å². The van der Waals surface area contributed by atoms with Crippen LogP contribution in [0.5, 0.6) is 5.88 Å². The van der Waals surface area contributed by atoms with E-state index in [-0.39, 0.29) is 22.9 Å². The van der Waals surface area contributed by atoms with Crippen LogP contribution in [-0.2, 0) is 0 Å². The zero-order chi connectivity index (χ0) is 15.5. The predicted octanol–water partition coefficient (Wildman–Crippen LogP) is 1.71. The molecule has 1 heterocycles. The number of hydrogen-bond acceptors (Lipinski definition) is 7. The van der Waals surface area contributed by atoms with Gasteiger partial charge in [-0.15, -0.1) is 0 Å². The molecular formula is C13H21N5O3. The number of nitrogens with one attached hydrogen (secondary N) is 1. The second kappa shape index (κ2) is 6.21. The first-order valence-electron chi connectivity index (χ1n) is 7.05. The molecule has 0 radical (unpaired) electrons. The smallest absolute Gasteiger partial charge is 0.372 e. The molecule has 1 fully saturated rings. The van der Waals surface area contributed by atoms with E-state index < -0.39 is 4.92 Å². The summed E-state index contributed by atoms with van der Waals surface area (Å²) in [5, 5.41) is 14.5. The fourth-order valence-corrected chi connectivity index (χ4v) is 2.96. The van der Waals surface area contributed by atoms with Gasteiger partial charge in [0.05, 0.1) is 17.6 Å². The zero-order valence-corrected chi connectivity index (χ0v) is 12.3. The summed E-state index contributed by atoms with van der Waals surface area (Å²) in [7, 11) is 1.35. The molecule has 2 rings (SSSR count). The Morgan fingerprint density at radius 1 is 1.57 bits per heavy atom. The fourth-order valence-electron chi connectivity index (χ4n) is 2.96. The minimum Gasteiger partial charge on any atom is -0.476 e. The molecule has 8 heteroatoms. The lowest BCUT2D eigenvalue weighted by Crippen LogP contribution is -2.52. The summed E-state index contributed by atoms with van der Waals surface area (Å²) in [6.07, 6.45) is 5.37. The molecule has 0 bridgehead atoms. The van der Waals surface area contributed by atoms with E-state index in [0.29, 0.717) is 12.5 Å². The first-order chi connectivity index (χ1) is 10.0. The number of nitrogens with two attached hydrogens (primary N) is 1. The summed E-state index contributed by atoms with van der Waals surface area (Å²) >= 11 is 0. The fraction of sp³-hybridized carbons (Fsp3) is 0.692. The van der Waals surface area contributed by atoms with E-state index in [1.165, 1.54) is 13.4 Å². The Labute approximate surface area is 123 Å². The van der Waals surface area contributed by atoms with Crippen LogP contribution < -0.4 is 15.8 Å². The van der Waals surface area contributed by atoms with E-state index in [1.54, 1.807) is 0 Å². The van der Waals surface area contributed by atoms with Crippen molar-refractivity contribution in [3.05, 3.63) is 16.4 Å². The Morgan fingerprint density at radius 3 is 2.90 bits per heavy atom. The largest absolute Gasteiger partial charge is 0.476 e. The van der Waals surface area contributed by atoms with Crippen LogP contribution in [0, 0.1) is 16.0 Å². The van der Waals surface area contributed by atoms with Gasteiger partial charge in [0.1, 0.15) is 6.33 Å².